The summed E-state index contributed by atoms with van der Waals surface area (Å²) in [6, 6.07) is 11.2. The maximum atomic E-state index is 14.2. The summed E-state index contributed by atoms with van der Waals surface area (Å²) < 4.78 is 15.9. The van der Waals surface area contributed by atoms with E-state index in [4.69, 9.17) is 11.6 Å². The molecule has 1 heterocycles. The SMILES string of the molecule is Fc1cc(Br)c(Cl)cc1C(Br)c1csc2ccccc12. The van der Waals surface area contributed by atoms with Crippen molar-refractivity contribution in [1.29, 1.82) is 0 Å². The zero-order valence-electron chi connectivity index (χ0n) is 10.0. The molecular weight excluding hydrogens is 426 g/mol. The Hall–Kier alpha value is -0.420. The maximum Gasteiger partial charge on any atom is 0.129 e. The molecule has 0 saturated heterocycles. The van der Waals surface area contributed by atoms with Gasteiger partial charge in [-0.3, -0.25) is 0 Å². The van der Waals surface area contributed by atoms with Crippen molar-refractivity contribution in [2.75, 3.05) is 0 Å². The third-order valence-corrected chi connectivity index (χ3v) is 6.26. The van der Waals surface area contributed by atoms with Crippen molar-refractivity contribution in [1.82, 2.24) is 0 Å². The Morgan fingerprint density at radius 2 is 1.90 bits per heavy atom. The van der Waals surface area contributed by atoms with Crippen LogP contribution in [0.1, 0.15) is 16.0 Å². The van der Waals surface area contributed by atoms with E-state index in [0.717, 1.165) is 10.9 Å². The molecule has 2 aromatic carbocycles. The van der Waals surface area contributed by atoms with Crippen LogP contribution in [0.2, 0.25) is 5.02 Å². The third kappa shape index (κ3) is 2.54. The van der Waals surface area contributed by atoms with Gasteiger partial charge in [0.15, 0.2) is 0 Å². The van der Waals surface area contributed by atoms with E-state index in [9.17, 15) is 4.39 Å². The zero-order valence-corrected chi connectivity index (χ0v) is 14.8. The Bertz CT molecular complexity index is 785. The second-order valence-corrected chi connectivity index (χ2v) is 7.43. The second-order valence-electron chi connectivity index (χ2n) is 4.34. The number of halogens is 4. The largest absolute Gasteiger partial charge is 0.207 e. The van der Waals surface area contributed by atoms with Crippen molar-refractivity contribution in [2.45, 2.75) is 4.83 Å². The molecule has 1 aromatic heterocycles. The molecule has 0 aliphatic carbocycles. The predicted molar refractivity (Wildman–Crippen MR) is 91.7 cm³/mol. The Balaban J connectivity index is 2.13. The predicted octanol–water partition coefficient (Wildman–Crippen LogP) is 6.94. The van der Waals surface area contributed by atoms with Gasteiger partial charge in [0.1, 0.15) is 5.82 Å². The highest BCUT2D eigenvalue weighted by Crippen LogP contribution is 2.41. The average Bonchev–Trinajstić information content (AvgIpc) is 2.86. The molecule has 0 radical (unpaired) electrons. The van der Waals surface area contributed by atoms with Crippen LogP contribution < -0.4 is 0 Å². The minimum atomic E-state index is -0.279. The molecule has 0 spiro atoms. The molecule has 0 fully saturated rings. The topological polar surface area (TPSA) is 0 Å². The van der Waals surface area contributed by atoms with Crippen molar-refractivity contribution in [2.24, 2.45) is 0 Å². The highest BCUT2D eigenvalue weighted by molar-refractivity contribution is 9.10. The fourth-order valence-corrected chi connectivity index (χ4v) is 4.47. The maximum absolute atomic E-state index is 14.2. The van der Waals surface area contributed by atoms with Crippen LogP contribution in [-0.4, -0.2) is 0 Å². The van der Waals surface area contributed by atoms with Gasteiger partial charge in [-0.1, -0.05) is 45.7 Å². The van der Waals surface area contributed by atoms with E-state index in [1.54, 1.807) is 17.4 Å². The van der Waals surface area contributed by atoms with Crippen LogP contribution in [0.3, 0.4) is 0 Å². The molecule has 1 unspecified atom stereocenters. The van der Waals surface area contributed by atoms with Crippen molar-refractivity contribution in [3.63, 3.8) is 0 Å². The van der Waals surface area contributed by atoms with Gasteiger partial charge in [0.2, 0.25) is 0 Å². The number of benzene rings is 2. The summed E-state index contributed by atoms with van der Waals surface area (Å²) in [6.07, 6.45) is 0. The molecule has 0 bridgehead atoms. The van der Waals surface area contributed by atoms with E-state index in [1.165, 1.54) is 10.8 Å². The second kappa shape index (κ2) is 5.76. The molecule has 20 heavy (non-hydrogen) atoms. The van der Waals surface area contributed by atoms with E-state index in [-0.39, 0.29) is 10.6 Å². The standard InChI is InChI=1S/C15H8Br2ClFS/c16-11-6-13(19)9(5-12(11)18)15(17)10-7-20-14-4-2-1-3-8(10)14/h1-7,15H. The van der Waals surface area contributed by atoms with Crippen molar-refractivity contribution in [3.05, 3.63) is 68.2 Å². The van der Waals surface area contributed by atoms with Gasteiger partial charge in [0, 0.05) is 14.7 Å². The first-order valence-corrected chi connectivity index (χ1v) is 8.79. The summed E-state index contributed by atoms with van der Waals surface area (Å²) in [5, 5.41) is 3.70. The molecule has 0 aliphatic heterocycles. The molecule has 0 saturated carbocycles. The molecule has 1 atom stereocenters. The van der Waals surface area contributed by atoms with Gasteiger partial charge in [-0.05, 0) is 50.5 Å². The fourth-order valence-electron chi connectivity index (χ4n) is 2.09. The van der Waals surface area contributed by atoms with Gasteiger partial charge >= 0.3 is 0 Å². The summed E-state index contributed by atoms with van der Waals surface area (Å²) in [7, 11) is 0. The number of alkyl halides is 1. The molecule has 3 aromatic rings. The van der Waals surface area contributed by atoms with E-state index >= 15 is 0 Å². The minimum Gasteiger partial charge on any atom is -0.207 e. The lowest BCUT2D eigenvalue weighted by Crippen LogP contribution is -1.96. The fraction of sp³-hybridized carbons (Fsp3) is 0.0667. The van der Waals surface area contributed by atoms with Gasteiger partial charge < -0.3 is 0 Å². The van der Waals surface area contributed by atoms with Crippen LogP contribution in [0, 0.1) is 5.82 Å². The molecule has 3 rings (SSSR count). The van der Waals surface area contributed by atoms with Crippen LogP contribution >= 0.6 is 54.8 Å². The van der Waals surface area contributed by atoms with Crippen LogP contribution in [0.25, 0.3) is 10.1 Å². The molecule has 0 nitrogen and oxygen atoms in total. The Labute approximate surface area is 141 Å². The van der Waals surface area contributed by atoms with Crippen LogP contribution in [0.4, 0.5) is 4.39 Å². The average molecular weight is 435 g/mol. The first kappa shape index (κ1) is 14.5. The van der Waals surface area contributed by atoms with Crippen LogP contribution in [0.5, 0.6) is 0 Å². The van der Waals surface area contributed by atoms with Gasteiger partial charge in [0.25, 0.3) is 0 Å². The lowest BCUT2D eigenvalue weighted by molar-refractivity contribution is 0.613. The number of hydrogen-bond donors (Lipinski definition) is 0. The molecule has 0 amide bonds. The highest BCUT2D eigenvalue weighted by atomic mass is 79.9. The molecule has 5 heteroatoms. The first-order chi connectivity index (χ1) is 9.58. The number of fused-ring (bicyclic) bond motifs is 1. The van der Waals surface area contributed by atoms with Gasteiger partial charge in [-0.15, -0.1) is 11.3 Å². The van der Waals surface area contributed by atoms with Gasteiger partial charge in [-0.25, -0.2) is 4.39 Å². The van der Waals surface area contributed by atoms with Crippen LogP contribution in [0.15, 0.2) is 46.3 Å². The summed E-state index contributed by atoms with van der Waals surface area (Å²) in [6.45, 7) is 0. The van der Waals surface area contributed by atoms with Gasteiger partial charge in [0.05, 0.1) is 9.85 Å². The number of hydrogen-bond acceptors (Lipinski definition) is 1. The summed E-state index contributed by atoms with van der Waals surface area (Å²) >= 11 is 14.6. The molecule has 0 N–H and O–H groups in total. The Kier molecular flexibility index (Phi) is 4.18. The highest BCUT2D eigenvalue weighted by Gasteiger charge is 2.19. The third-order valence-electron chi connectivity index (χ3n) is 3.10. The normalized spacial score (nSPS) is 12.8. The summed E-state index contributed by atoms with van der Waals surface area (Å²) in [5.74, 6) is -0.279. The van der Waals surface area contributed by atoms with E-state index < -0.39 is 0 Å². The quantitative estimate of drug-likeness (QED) is 0.303. The smallest absolute Gasteiger partial charge is 0.129 e. The molecule has 0 aliphatic rings. The number of thiophene rings is 1. The minimum absolute atomic E-state index is 0.218. The summed E-state index contributed by atoms with van der Waals surface area (Å²) in [5.41, 5.74) is 1.60. The zero-order chi connectivity index (χ0) is 14.3. The Morgan fingerprint density at radius 3 is 2.70 bits per heavy atom. The monoisotopic (exact) mass is 432 g/mol. The molecular formula is C15H8Br2ClFS. The van der Waals surface area contributed by atoms with Crippen molar-refractivity contribution < 1.29 is 4.39 Å². The van der Waals surface area contributed by atoms with Crippen molar-refractivity contribution in [3.8, 4) is 0 Å². The van der Waals surface area contributed by atoms with Gasteiger partial charge in [-0.2, -0.15) is 0 Å². The van der Waals surface area contributed by atoms with Crippen LogP contribution in [-0.2, 0) is 0 Å². The van der Waals surface area contributed by atoms with E-state index in [1.807, 2.05) is 18.2 Å². The first-order valence-electron chi connectivity index (χ1n) is 5.82. The van der Waals surface area contributed by atoms with E-state index in [0.29, 0.717) is 15.1 Å². The van der Waals surface area contributed by atoms with Crippen molar-refractivity contribution >= 4 is 64.9 Å². The Morgan fingerprint density at radius 1 is 1.15 bits per heavy atom. The lowest BCUT2D eigenvalue weighted by Gasteiger charge is -2.12. The summed E-state index contributed by atoms with van der Waals surface area (Å²) in [4.78, 5) is -0.218. The lowest BCUT2D eigenvalue weighted by atomic mass is 10.0. The molecule has 102 valence electrons. The number of rotatable bonds is 2. The van der Waals surface area contributed by atoms with E-state index in [2.05, 4.69) is 43.3 Å².